The molecule has 0 radical (unpaired) electrons. The van der Waals surface area contributed by atoms with Crippen LogP contribution in [0.25, 0.3) is 11.1 Å². The molecule has 1 fully saturated rings. The maximum absolute atomic E-state index is 15.0. The van der Waals surface area contributed by atoms with Gasteiger partial charge in [-0.05, 0) is 104 Å². The van der Waals surface area contributed by atoms with Crippen LogP contribution in [0.3, 0.4) is 0 Å². The van der Waals surface area contributed by atoms with Crippen LogP contribution >= 0.6 is 0 Å². The van der Waals surface area contributed by atoms with Crippen molar-refractivity contribution in [1.29, 1.82) is 0 Å². The molecule has 1 aliphatic carbocycles. The third-order valence-corrected chi connectivity index (χ3v) is 8.74. The van der Waals surface area contributed by atoms with Crippen molar-refractivity contribution in [2.24, 2.45) is 11.8 Å². The van der Waals surface area contributed by atoms with Gasteiger partial charge in [-0.2, -0.15) is 22.0 Å². The number of halogens is 6. The Kier molecular flexibility index (Phi) is 11.3. The van der Waals surface area contributed by atoms with Gasteiger partial charge in [-0.25, -0.2) is 4.39 Å². The first-order valence-electron chi connectivity index (χ1n) is 15.7. The number of hydrogen-bond donors (Lipinski definition) is 0. The molecule has 1 saturated carbocycles. The van der Waals surface area contributed by atoms with Crippen LogP contribution in [-0.4, -0.2) is 12.7 Å². The van der Waals surface area contributed by atoms with Gasteiger partial charge in [-0.15, -0.1) is 0 Å². The Bertz CT molecular complexity index is 1340. The highest BCUT2D eigenvalue weighted by Gasteiger charge is 2.44. The Morgan fingerprint density at radius 2 is 1.41 bits per heavy atom. The Hall–Kier alpha value is -3.16. The second-order valence-corrected chi connectivity index (χ2v) is 11.9. The van der Waals surface area contributed by atoms with Crippen molar-refractivity contribution in [3.8, 4) is 22.6 Å². The normalized spacial score (nSPS) is 17.5. The van der Waals surface area contributed by atoms with E-state index in [9.17, 15) is 26.3 Å². The van der Waals surface area contributed by atoms with Crippen LogP contribution in [0.4, 0.5) is 26.3 Å². The van der Waals surface area contributed by atoms with Gasteiger partial charge in [0.1, 0.15) is 5.75 Å². The first-order chi connectivity index (χ1) is 20.9. The number of ether oxygens (including phenoxy) is 2. The monoisotopic (exact) mass is 620 g/mol. The number of benzene rings is 3. The van der Waals surface area contributed by atoms with Crippen molar-refractivity contribution in [2.45, 2.75) is 97.3 Å². The van der Waals surface area contributed by atoms with Crippen molar-refractivity contribution in [2.75, 3.05) is 6.61 Å². The Balaban J connectivity index is 1.36. The zero-order valence-electron chi connectivity index (χ0n) is 25.7. The molecule has 2 nitrogen and oxygen atoms in total. The molecule has 0 amide bonds. The van der Waals surface area contributed by atoms with E-state index in [4.69, 9.17) is 9.47 Å². The van der Waals surface area contributed by atoms with Crippen molar-refractivity contribution >= 4 is 0 Å². The van der Waals surface area contributed by atoms with E-state index in [-0.39, 0.29) is 30.8 Å². The Morgan fingerprint density at radius 3 is 1.98 bits per heavy atom. The fraction of sp³-hybridized carbons (Fsp3) is 0.500. The fourth-order valence-electron chi connectivity index (χ4n) is 6.24. The lowest BCUT2D eigenvalue weighted by Crippen LogP contribution is -2.37. The highest BCUT2D eigenvalue weighted by Crippen LogP contribution is 2.42. The molecule has 0 heterocycles. The molecule has 240 valence electrons. The molecule has 0 bridgehead atoms. The summed E-state index contributed by atoms with van der Waals surface area (Å²) in [5.41, 5.74) is 1.36. The van der Waals surface area contributed by atoms with Gasteiger partial charge in [0.15, 0.2) is 11.6 Å². The smallest absolute Gasteiger partial charge is 0.419 e. The van der Waals surface area contributed by atoms with Crippen LogP contribution in [0.2, 0.25) is 0 Å². The lowest BCUT2D eigenvalue weighted by Gasteiger charge is -2.33. The summed E-state index contributed by atoms with van der Waals surface area (Å²) in [4.78, 5) is 0. The SMILES string of the molecule is CCCCCC1CCC(C(F)(F)Oc2ccc(-c3ccc(CCc4c(C)cc(OCC)c(F)c4C(F)(F)F)cc3)cc2)CC1. The van der Waals surface area contributed by atoms with E-state index < -0.39 is 35.3 Å². The molecule has 0 aliphatic heterocycles. The average Bonchev–Trinajstić information content (AvgIpc) is 2.98. The summed E-state index contributed by atoms with van der Waals surface area (Å²) in [5, 5.41) is 0. The second kappa shape index (κ2) is 14.7. The van der Waals surface area contributed by atoms with E-state index in [2.05, 4.69) is 6.92 Å². The Labute approximate surface area is 256 Å². The Morgan fingerprint density at radius 1 is 0.795 bits per heavy atom. The van der Waals surface area contributed by atoms with Crippen LogP contribution in [0.15, 0.2) is 54.6 Å². The van der Waals surface area contributed by atoms with E-state index >= 15 is 0 Å². The number of rotatable bonds is 13. The van der Waals surface area contributed by atoms with Gasteiger partial charge in [-0.1, -0.05) is 69.0 Å². The summed E-state index contributed by atoms with van der Waals surface area (Å²) >= 11 is 0. The largest absolute Gasteiger partial charge is 0.491 e. The van der Waals surface area contributed by atoms with E-state index in [0.29, 0.717) is 24.3 Å². The van der Waals surface area contributed by atoms with Crippen LogP contribution in [0.5, 0.6) is 11.5 Å². The second-order valence-electron chi connectivity index (χ2n) is 11.9. The topological polar surface area (TPSA) is 18.5 Å². The van der Waals surface area contributed by atoms with Crippen LogP contribution in [-0.2, 0) is 19.0 Å². The minimum atomic E-state index is -4.85. The zero-order chi connectivity index (χ0) is 31.9. The number of hydrogen-bond acceptors (Lipinski definition) is 2. The fourth-order valence-corrected chi connectivity index (χ4v) is 6.24. The predicted octanol–water partition coefficient (Wildman–Crippen LogP) is 11.4. The summed E-state index contributed by atoms with van der Waals surface area (Å²) in [6.07, 6.45) is -0.569. The molecule has 1 aliphatic rings. The first-order valence-corrected chi connectivity index (χ1v) is 15.7. The van der Waals surface area contributed by atoms with Crippen molar-refractivity contribution < 1.29 is 35.8 Å². The summed E-state index contributed by atoms with van der Waals surface area (Å²) < 4.78 is 96.4. The van der Waals surface area contributed by atoms with Gasteiger partial charge < -0.3 is 9.47 Å². The molecule has 4 rings (SSSR count). The van der Waals surface area contributed by atoms with Crippen molar-refractivity contribution in [1.82, 2.24) is 0 Å². The van der Waals surface area contributed by atoms with E-state index in [0.717, 1.165) is 42.4 Å². The number of alkyl halides is 5. The molecule has 0 aromatic heterocycles. The van der Waals surface area contributed by atoms with E-state index in [1.165, 1.54) is 38.0 Å². The molecule has 0 atom stereocenters. The molecule has 44 heavy (non-hydrogen) atoms. The molecule has 3 aromatic rings. The predicted molar refractivity (Wildman–Crippen MR) is 162 cm³/mol. The quantitative estimate of drug-likeness (QED) is 0.140. The molecule has 8 heteroatoms. The molecule has 0 spiro atoms. The minimum Gasteiger partial charge on any atom is -0.491 e. The molecule has 0 saturated heterocycles. The average molecular weight is 621 g/mol. The third-order valence-electron chi connectivity index (χ3n) is 8.74. The van der Waals surface area contributed by atoms with E-state index in [1.807, 2.05) is 12.1 Å². The standard InChI is InChI=1S/C36H42F6O2/c1-4-6-7-8-25-11-18-29(19-12-25)36(41,42)44-30-20-16-28(17-21-30)27-14-9-26(10-15-27)13-22-31-24(3)23-32(43-5-2)34(37)33(31)35(38,39)40/h9-10,14-17,20-21,23,25,29H,4-8,11-13,18-19,22H2,1-3H3. The number of aryl methyl sites for hydroxylation is 2. The highest BCUT2D eigenvalue weighted by atomic mass is 19.4. The van der Waals surface area contributed by atoms with E-state index in [1.54, 1.807) is 31.2 Å². The van der Waals surface area contributed by atoms with Crippen LogP contribution < -0.4 is 9.47 Å². The van der Waals surface area contributed by atoms with Crippen LogP contribution in [0.1, 0.15) is 87.5 Å². The maximum atomic E-state index is 15.0. The first kappa shape index (κ1) is 33.7. The van der Waals surface area contributed by atoms with Crippen molar-refractivity contribution in [3.05, 3.63) is 82.7 Å². The molecule has 0 N–H and O–H groups in total. The minimum absolute atomic E-state index is 0.00407. The molecular formula is C36H42F6O2. The molecule has 3 aromatic carbocycles. The van der Waals surface area contributed by atoms with Gasteiger partial charge in [-0.3, -0.25) is 0 Å². The highest BCUT2D eigenvalue weighted by molar-refractivity contribution is 5.64. The van der Waals surface area contributed by atoms with Gasteiger partial charge >= 0.3 is 12.3 Å². The summed E-state index contributed by atoms with van der Waals surface area (Å²) in [6.45, 7) is 5.33. The summed E-state index contributed by atoms with van der Waals surface area (Å²) in [5.74, 6) is -1.92. The lowest BCUT2D eigenvalue weighted by molar-refractivity contribution is -0.223. The molecular weight excluding hydrogens is 578 g/mol. The maximum Gasteiger partial charge on any atom is 0.419 e. The summed E-state index contributed by atoms with van der Waals surface area (Å²) in [7, 11) is 0. The zero-order valence-corrected chi connectivity index (χ0v) is 25.7. The van der Waals surface area contributed by atoms with Crippen LogP contribution in [0, 0.1) is 24.6 Å². The van der Waals surface area contributed by atoms with Gasteiger partial charge in [0.05, 0.1) is 18.1 Å². The summed E-state index contributed by atoms with van der Waals surface area (Å²) in [6, 6.07) is 15.1. The lowest BCUT2D eigenvalue weighted by atomic mass is 9.79. The van der Waals surface area contributed by atoms with Gasteiger partial charge in [0, 0.05) is 0 Å². The third kappa shape index (κ3) is 8.51. The molecule has 0 unspecified atom stereocenters. The number of unbranched alkanes of at least 4 members (excludes halogenated alkanes) is 2. The van der Waals surface area contributed by atoms with Gasteiger partial charge in [0.25, 0.3) is 0 Å². The van der Waals surface area contributed by atoms with Gasteiger partial charge in [0.2, 0.25) is 0 Å². The van der Waals surface area contributed by atoms with Crippen molar-refractivity contribution in [3.63, 3.8) is 0 Å².